The van der Waals surface area contributed by atoms with Crippen LogP contribution < -0.4 is 10.6 Å². The van der Waals surface area contributed by atoms with E-state index in [1.807, 2.05) is 31.2 Å². The van der Waals surface area contributed by atoms with Crippen LogP contribution in [-0.4, -0.2) is 27.8 Å². The Kier molecular flexibility index (Phi) is 4.92. The maximum atomic E-state index is 11.9. The zero-order valence-corrected chi connectivity index (χ0v) is 14.2. The number of benzene rings is 1. The van der Waals surface area contributed by atoms with Crippen LogP contribution in [0, 0.1) is 12.8 Å². The number of carbonyl (C=O) groups excluding carboxylic acids is 2. The minimum absolute atomic E-state index is 0.00916. The fraction of sp³-hybridized carbons (Fsp3) is 0.333. The van der Waals surface area contributed by atoms with Gasteiger partial charge in [-0.2, -0.15) is 0 Å². The van der Waals surface area contributed by atoms with Gasteiger partial charge in [-0.25, -0.2) is 0 Å². The molecule has 3 rings (SSSR count). The summed E-state index contributed by atoms with van der Waals surface area (Å²) in [7, 11) is 0. The highest BCUT2D eigenvalue weighted by atomic mass is 32.2. The minimum atomic E-state index is -0.0978. The van der Waals surface area contributed by atoms with Gasteiger partial charge >= 0.3 is 0 Å². The molecule has 0 bridgehead atoms. The number of amides is 2. The van der Waals surface area contributed by atoms with Gasteiger partial charge in [-0.3, -0.25) is 9.59 Å². The predicted octanol–water partition coefficient (Wildman–Crippen LogP) is 2.93. The second kappa shape index (κ2) is 7.10. The minimum Gasteiger partial charge on any atom is -0.325 e. The van der Waals surface area contributed by atoms with Crippen LogP contribution in [-0.2, 0) is 9.59 Å². The molecular formula is C15H16N4O2S2. The highest BCUT2D eigenvalue weighted by molar-refractivity contribution is 8.01. The standard InChI is InChI=1S/C15H16N4O2S2/c1-9-3-2-4-11(7-9)16-12(20)8-22-15-19-18-14(23-15)17-13(21)10-5-6-10/h2-4,7,10H,5-6,8H2,1H3,(H,16,20)(H,17,18,21). The maximum absolute atomic E-state index is 11.9. The summed E-state index contributed by atoms with van der Waals surface area (Å²) in [6.45, 7) is 1.98. The van der Waals surface area contributed by atoms with Crippen LogP contribution in [0.1, 0.15) is 18.4 Å². The van der Waals surface area contributed by atoms with E-state index in [-0.39, 0.29) is 23.5 Å². The molecule has 0 saturated heterocycles. The van der Waals surface area contributed by atoms with Crippen molar-refractivity contribution in [2.24, 2.45) is 5.92 Å². The summed E-state index contributed by atoms with van der Waals surface area (Å²) < 4.78 is 0.662. The molecule has 0 spiro atoms. The van der Waals surface area contributed by atoms with Gasteiger partial charge in [0.1, 0.15) is 0 Å². The van der Waals surface area contributed by atoms with Crippen LogP contribution in [0.3, 0.4) is 0 Å². The normalized spacial score (nSPS) is 13.6. The van der Waals surface area contributed by atoms with E-state index in [2.05, 4.69) is 20.8 Å². The number of aryl methyl sites for hydroxylation is 1. The van der Waals surface area contributed by atoms with E-state index in [0.29, 0.717) is 9.47 Å². The molecule has 0 radical (unpaired) electrons. The van der Waals surface area contributed by atoms with Crippen LogP contribution in [0.15, 0.2) is 28.6 Å². The Bertz CT molecular complexity index is 728. The maximum Gasteiger partial charge on any atom is 0.234 e. The topological polar surface area (TPSA) is 84.0 Å². The van der Waals surface area contributed by atoms with E-state index >= 15 is 0 Å². The number of thioether (sulfide) groups is 1. The Morgan fingerprint density at radius 1 is 1.30 bits per heavy atom. The number of nitrogens with zero attached hydrogens (tertiary/aromatic N) is 2. The number of carbonyl (C=O) groups is 2. The molecule has 8 heteroatoms. The van der Waals surface area contributed by atoms with Crippen molar-refractivity contribution in [3.05, 3.63) is 29.8 Å². The molecule has 2 amide bonds. The van der Waals surface area contributed by atoms with Crippen molar-refractivity contribution in [3.63, 3.8) is 0 Å². The Balaban J connectivity index is 1.47. The summed E-state index contributed by atoms with van der Waals surface area (Å²) >= 11 is 2.59. The number of anilines is 2. The highest BCUT2D eigenvalue weighted by Gasteiger charge is 2.30. The van der Waals surface area contributed by atoms with Gasteiger partial charge in [0.25, 0.3) is 0 Å². The average Bonchev–Trinajstić information content (AvgIpc) is 3.27. The zero-order valence-electron chi connectivity index (χ0n) is 12.5. The molecule has 0 atom stereocenters. The lowest BCUT2D eigenvalue weighted by atomic mass is 10.2. The first-order chi connectivity index (χ1) is 11.1. The van der Waals surface area contributed by atoms with Gasteiger partial charge in [-0.15, -0.1) is 10.2 Å². The summed E-state index contributed by atoms with van der Waals surface area (Å²) in [4.78, 5) is 23.6. The first-order valence-electron chi connectivity index (χ1n) is 7.24. The lowest BCUT2D eigenvalue weighted by Crippen LogP contribution is -2.13. The number of rotatable bonds is 6. The first-order valence-corrected chi connectivity index (χ1v) is 9.04. The molecule has 120 valence electrons. The van der Waals surface area contributed by atoms with Crippen molar-refractivity contribution in [2.45, 2.75) is 24.1 Å². The van der Waals surface area contributed by atoms with E-state index < -0.39 is 0 Å². The molecule has 1 aliphatic rings. The number of nitrogens with one attached hydrogen (secondary N) is 2. The van der Waals surface area contributed by atoms with Crippen molar-refractivity contribution >= 4 is 45.7 Å². The van der Waals surface area contributed by atoms with Gasteiger partial charge < -0.3 is 10.6 Å². The monoisotopic (exact) mass is 348 g/mol. The largest absolute Gasteiger partial charge is 0.325 e. The van der Waals surface area contributed by atoms with Crippen molar-refractivity contribution < 1.29 is 9.59 Å². The average molecular weight is 348 g/mol. The summed E-state index contributed by atoms with van der Waals surface area (Å²) in [5.74, 6) is 0.295. The van der Waals surface area contributed by atoms with Crippen LogP contribution in [0.5, 0.6) is 0 Å². The molecule has 1 aromatic heterocycles. The van der Waals surface area contributed by atoms with Gasteiger partial charge in [-0.05, 0) is 37.5 Å². The first kappa shape index (κ1) is 15.9. The molecule has 1 heterocycles. The van der Waals surface area contributed by atoms with E-state index in [1.54, 1.807) is 0 Å². The SMILES string of the molecule is Cc1cccc(NC(=O)CSc2nnc(NC(=O)C3CC3)s2)c1. The van der Waals surface area contributed by atoms with Crippen LogP contribution in [0.4, 0.5) is 10.8 Å². The van der Waals surface area contributed by atoms with Crippen LogP contribution >= 0.6 is 23.1 Å². The summed E-state index contributed by atoms with van der Waals surface area (Å²) in [6, 6.07) is 7.64. The van der Waals surface area contributed by atoms with Crippen molar-refractivity contribution in [2.75, 3.05) is 16.4 Å². The Morgan fingerprint density at radius 2 is 2.13 bits per heavy atom. The van der Waals surface area contributed by atoms with Crippen LogP contribution in [0.2, 0.25) is 0 Å². The molecule has 1 saturated carbocycles. The van der Waals surface area contributed by atoms with Crippen molar-refractivity contribution in [3.8, 4) is 0 Å². The molecule has 23 heavy (non-hydrogen) atoms. The van der Waals surface area contributed by atoms with Crippen LogP contribution in [0.25, 0.3) is 0 Å². The molecule has 0 aliphatic heterocycles. The van der Waals surface area contributed by atoms with Gasteiger partial charge in [0.15, 0.2) is 4.34 Å². The van der Waals surface area contributed by atoms with Gasteiger partial charge in [0.2, 0.25) is 16.9 Å². The van der Waals surface area contributed by atoms with E-state index in [0.717, 1.165) is 24.1 Å². The third-order valence-electron chi connectivity index (χ3n) is 3.21. The molecule has 0 unspecified atom stereocenters. The molecule has 1 aromatic carbocycles. The van der Waals surface area contributed by atoms with Crippen molar-refractivity contribution in [1.82, 2.24) is 10.2 Å². The highest BCUT2D eigenvalue weighted by Crippen LogP contribution is 2.31. The molecule has 6 nitrogen and oxygen atoms in total. The molecule has 2 aromatic rings. The van der Waals surface area contributed by atoms with Crippen molar-refractivity contribution in [1.29, 1.82) is 0 Å². The Morgan fingerprint density at radius 3 is 2.87 bits per heavy atom. The second-order valence-electron chi connectivity index (χ2n) is 5.34. The number of aromatic nitrogens is 2. The lowest BCUT2D eigenvalue weighted by molar-refractivity contribution is -0.117. The van der Waals surface area contributed by atoms with E-state index in [4.69, 9.17) is 0 Å². The Labute approximate surface area is 142 Å². The zero-order chi connectivity index (χ0) is 16.2. The number of hydrogen-bond acceptors (Lipinski definition) is 6. The summed E-state index contributed by atoms with van der Waals surface area (Å²) in [5.41, 5.74) is 1.88. The van der Waals surface area contributed by atoms with E-state index in [9.17, 15) is 9.59 Å². The van der Waals surface area contributed by atoms with Gasteiger partial charge in [-0.1, -0.05) is 35.2 Å². The van der Waals surface area contributed by atoms with E-state index in [1.165, 1.54) is 23.1 Å². The van der Waals surface area contributed by atoms with Gasteiger partial charge in [0, 0.05) is 11.6 Å². The second-order valence-corrected chi connectivity index (χ2v) is 7.54. The Hall–Kier alpha value is -1.93. The summed E-state index contributed by atoms with van der Waals surface area (Å²) in [5, 5.41) is 14.0. The third kappa shape index (κ3) is 4.77. The fourth-order valence-corrected chi connectivity index (χ4v) is 3.47. The number of hydrogen-bond donors (Lipinski definition) is 2. The third-order valence-corrected chi connectivity index (χ3v) is 5.19. The molecule has 2 N–H and O–H groups in total. The molecular weight excluding hydrogens is 332 g/mol. The predicted molar refractivity (Wildman–Crippen MR) is 91.8 cm³/mol. The lowest BCUT2D eigenvalue weighted by Gasteiger charge is -2.04. The quantitative estimate of drug-likeness (QED) is 0.619. The summed E-state index contributed by atoms with van der Waals surface area (Å²) in [6.07, 6.45) is 1.90. The fourth-order valence-electron chi connectivity index (χ4n) is 1.92. The molecule has 1 aliphatic carbocycles. The molecule has 1 fully saturated rings. The van der Waals surface area contributed by atoms with Gasteiger partial charge in [0.05, 0.1) is 5.75 Å². The smallest absolute Gasteiger partial charge is 0.234 e.